The fourth-order valence-electron chi connectivity index (χ4n) is 6.86. The van der Waals surface area contributed by atoms with Crippen molar-refractivity contribution in [1.29, 1.82) is 0 Å². The Morgan fingerprint density at radius 3 is 2.14 bits per heavy atom. The minimum Gasteiger partial charge on any atom is -0.495 e. The lowest BCUT2D eigenvalue weighted by molar-refractivity contribution is -0.256. The summed E-state index contributed by atoms with van der Waals surface area (Å²) in [5.41, 5.74) is 2.56. The molecule has 4 N–H and O–H groups in total. The highest BCUT2D eigenvalue weighted by Crippen LogP contribution is 2.39. The molecule has 1 atom stereocenters. The number of methoxy groups -OCH3 is 4. The summed E-state index contributed by atoms with van der Waals surface area (Å²) in [6.07, 6.45) is 5.47. The summed E-state index contributed by atoms with van der Waals surface area (Å²) in [4.78, 5) is 30.8. The number of piperidine rings is 1. The van der Waals surface area contributed by atoms with E-state index >= 15 is 0 Å². The third-order valence-electron chi connectivity index (χ3n) is 9.22. The molecule has 5 rings (SSSR count). The number of H-pyrrole nitrogens is 1. The van der Waals surface area contributed by atoms with Gasteiger partial charge in [-0.25, -0.2) is 4.79 Å². The summed E-state index contributed by atoms with van der Waals surface area (Å²) < 4.78 is 27.9. The first-order chi connectivity index (χ1) is 24.3. The second kappa shape index (κ2) is 15.4. The molecule has 4 aromatic rings. The van der Waals surface area contributed by atoms with Crippen LogP contribution in [-0.4, -0.2) is 78.9 Å². The van der Waals surface area contributed by atoms with Gasteiger partial charge in [0.15, 0.2) is 11.5 Å². The number of fused-ring (bicyclic) bond motifs is 1. The smallest absolute Gasteiger partial charge is 0.408 e. The molecule has 0 spiro atoms. The molecule has 0 saturated carbocycles. The van der Waals surface area contributed by atoms with Gasteiger partial charge in [-0.05, 0) is 74.7 Å². The normalized spacial score (nSPS) is 16.4. The second-order valence-corrected chi connectivity index (χ2v) is 13.9. The summed E-state index contributed by atoms with van der Waals surface area (Å²) in [6, 6.07) is 15.9. The van der Waals surface area contributed by atoms with E-state index in [9.17, 15) is 14.8 Å². The van der Waals surface area contributed by atoms with Gasteiger partial charge in [-0.1, -0.05) is 36.4 Å². The molecule has 272 valence electrons. The van der Waals surface area contributed by atoms with Gasteiger partial charge in [0.1, 0.15) is 17.9 Å². The molecule has 0 radical (unpaired) electrons. The number of aromatic nitrogens is 1. The molecule has 51 heavy (non-hydrogen) atoms. The Kier molecular flexibility index (Phi) is 11.2. The monoisotopic (exact) mass is 700 g/mol. The first kappa shape index (κ1) is 37.1. The Bertz CT molecular complexity index is 1860. The molecule has 1 aliphatic rings. The summed E-state index contributed by atoms with van der Waals surface area (Å²) in [7, 11) is 6.19. The number of nitrogens with one attached hydrogen (secondary N) is 3. The van der Waals surface area contributed by atoms with Crippen LogP contribution in [0.5, 0.6) is 23.0 Å². The molecule has 1 aromatic heterocycles. The average molecular weight is 701 g/mol. The van der Waals surface area contributed by atoms with Gasteiger partial charge in [-0.3, -0.25) is 4.79 Å². The van der Waals surface area contributed by atoms with E-state index in [4.69, 9.17) is 23.7 Å². The van der Waals surface area contributed by atoms with Gasteiger partial charge < -0.3 is 44.5 Å². The summed E-state index contributed by atoms with van der Waals surface area (Å²) in [5, 5.41) is 18.8. The van der Waals surface area contributed by atoms with E-state index in [1.54, 1.807) is 33.5 Å². The molecule has 1 aliphatic heterocycles. The first-order valence-electron chi connectivity index (χ1n) is 16.8. The van der Waals surface area contributed by atoms with E-state index in [0.29, 0.717) is 41.5 Å². The minimum absolute atomic E-state index is 0.195. The first-order valence-corrected chi connectivity index (χ1v) is 16.8. The van der Waals surface area contributed by atoms with Gasteiger partial charge in [-0.2, -0.15) is 5.06 Å². The number of alkyl carbamates (subject to hydrolysis) is 1. The van der Waals surface area contributed by atoms with Gasteiger partial charge >= 0.3 is 6.09 Å². The minimum atomic E-state index is -1.00. The molecule has 1 saturated heterocycles. The van der Waals surface area contributed by atoms with E-state index < -0.39 is 35.2 Å². The highest BCUT2D eigenvalue weighted by atomic mass is 16.6. The number of hydroxylamine groups is 2. The maximum atomic E-state index is 14.1. The highest BCUT2D eigenvalue weighted by Gasteiger charge is 2.46. The largest absolute Gasteiger partial charge is 0.495 e. The van der Waals surface area contributed by atoms with Crippen LogP contribution < -0.4 is 29.6 Å². The third-order valence-corrected chi connectivity index (χ3v) is 9.22. The SMILES string of the molecule is COc1ccc(/C=C\c2cc(OC)c(OC)c(OC)c2)cc1NC(=O)[C@H](Cc1c[nH]c2ccccc12)NC(=O)OC1CC(C)(C)N(O)C(C)(C)C1. The van der Waals surface area contributed by atoms with Crippen molar-refractivity contribution in [2.75, 3.05) is 33.8 Å². The van der Waals surface area contributed by atoms with Crippen molar-refractivity contribution >= 4 is 40.7 Å². The van der Waals surface area contributed by atoms with Crippen LogP contribution in [0.3, 0.4) is 0 Å². The number of benzene rings is 3. The topological polar surface area (TPSA) is 144 Å². The van der Waals surface area contributed by atoms with Crippen LogP contribution in [0.25, 0.3) is 23.1 Å². The number of carbonyl (C=O) groups excluding carboxylic acids is 2. The zero-order valence-electron chi connectivity index (χ0n) is 30.5. The second-order valence-electron chi connectivity index (χ2n) is 13.9. The van der Waals surface area contributed by atoms with Crippen molar-refractivity contribution in [3.05, 3.63) is 77.5 Å². The molecular weight excluding hydrogens is 652 g/mol. The van der Waals surface area contributed by atoms with Gasteiger partial charge in [0.2, 0.25) is 11.7 Å². The Morgan fingerprint density at radius 2 is 1.51 bits per heavy atom. The summed E-state index contributed by atoms with van der Waals surface area (Å²) >= 11 is 0. The van der Waals surface area contributed by atoms with Crippen LogP contribution in [0, 0.1) is 0 Å². The summed E-state index contributed by atoms with van der Waals surface area (Å²) in [5.74, 6) is 1.54. The van der Waals surface area contributed by atoms with Crippen LogP contribution >= 0.6 is 0 Å². The molecule has 3 aromatic carbocycles. The zero-order valence-corrected chi connectivity index (χ0v) is 30.5. The lowest BCUT2D eigenvalue weighted by Gasteiger charge is -2.50. The predicted molar refractivity (Wildman–Crippen MR) is 197 cm³/mol. The predicted octanol–water partition coefficient (Wildman–Crippen LogP) is 7.06. The van der Waals surface area contributed by atoms with Crippen LogP contribution in [0.15, 0.2) is 60.8 Å². The van der Waals surface area contributed by atoms with Crippen LogP contribution in [-0.2, 0) is 16.0 Å². The van der Waals surface area contributed by atoms with E-state index in [1.807, 2.05) is 88.5 Å². The maximum absolute atomic E-state index is 14.1. The van der Waals surface area contributed by atoms with Crippen molar-refractivity contribution in [1.82, 2.24) is 15.4 Å². The van der Waals surface area contributed by atoms with Gasteiger partial charge in [0.05, 0.1) is 34.1 Å². The molecular formula is C39H48N4O8. The molecule has 0 aliphatic carbocycles. The van der Waals surface area contributed by atoms with Crippen molar-refractivity contribution in [2.24, 2.45) is 0 Å². The molecule has 0 unspecified atom stereocenters. The number of carbonyl (C=O) groups is 2. The number of nitrogens with zero attached hydrogens (tertiary/aromatic N) is 1. The van der Waals surface area contributed by atoms with Crippen molar-refractivity contribution in [3.63, 3.8) is 0 Å². The Hall–Kier alpha value is -5.20. The maximum Gasteiger partial charge on any atom is 0.408 e. The van der Waals surface area contributed by atoms with Crippen molar-refractivity contribution in [3.8, 4) is 23.0 Å². The standard InChI is InChI=1S/C39H48N4O8/c1-38(2)21-27(22-39(3,4)43(38)46)51-37(45)42-31(20-26-23-40-29-12-10-9-11-28(26)29)36(44)41-30-17-24(15-16-32(30)47-5)13-14-25-18-33(48-6)35(50-8)34(19-25)49-7/h9-19,23,27,31,40,46H,20-22H2,1-8H3,(H,41,44)(H,42,45)/b14-13-/t31-/m0/s1. The fourth-order valence-corrected chi connectivity index (χ4v) is 6.86. The van der Waals surface area contributed by atoms with Crippen LogP contribution in [0.1, 0.15) is 57.2 Å². The lowest BCUT2D eigenvalue weighted by atomic mass is 9.80. The lowest BCUT2D eigenvalue weighted by Crippen LogP contribution is -2.61. The van der Waals surface area contributed by atoms with Crippen LogP contribution in [0.2, 0.25) is 0 Å². The molecule has 12 nitrogen and oxygen atoms in total. The molecule has 2 heterocycles. The van der Waals surface area contributed by atoms with Crippen molar-refractivity contribution in [2.45, 2.75) is 70.2 Å². The van der Waals surface area contributed by atoms with Gasteiger partial charge in [0, 0.05) is 47.4 Å². The zero-order chi connectivity index (χ0) is 36.9. The number of rotatable bonds is 12. The third kappa shape index (κ3) is 8.41. The van der Waals surface area contributed by atoms with E-state index in [0.717, 1.165) is 27.6 Å². The number of hydrogen-bond acceptors (Lipinski definition) is 9. The van der Waals surface area contributed by atoms with E-state index in [1.165, 1.54) is 12.2 Å². The number of amides is 2. The Balaban J connectivity index is 1.39. The van der Waals surface area contributed by atoms with Crippen molar-refractivity contribution < 1.29 is 38.5 Å². The number of para-hydroxylation sites is 1. The van der Waals surface area contributed by atoms with Gasteiger partial charge in [0.25, 0.3) is 0 Å². The van der Waals surface area contributed by atoms with E-state index in [2.05, 4.69) is 15.6 Å². The molecule has 0 bridgehead atoms. The fraction of sp³-hybridized carbons (Fsp3) is 0.385. The number of anilines is 1. The molecule has 1 fully saturated rings. The van der Waals surface area contributed by atoms with E-state index in [-0.39, 0.29) is 6.42 Å². The van der Waals surface area contributed by atoms with Gasteiger partial charge in [-0.15, -0.1) is 0 Å². The summed E-state index contributed by atoms with van der Waals surface area (Å²) in [6.45, 7) is 7.60. The molecule has 12 heteroatoms. The quantitative estimate of drug-likeness (QED) is 0.114. The number of aromatic amines is 1. The molecule has 2 amide bonds. The Labute approximate surface area is 298 Å². The van der Waals surface area contributed by atoms with Crippen LogP contribution in [0.4, 0.5) is 10.5 Å². The highest BCUT2D eigenvalue weighted by molar-refractivity contribution is 5.99. The number of ether oxygens (including phenoxy) is 5. The average Bonchev–Trinajstić information content (AvgIpc) is 3.51. The Morgan fingerprint density at radius 1 is 0.882 bits per heavy atom. The number of hydrogen-bond donors (Lipinski definition) is 4.